The smallest absolute Gasteiger partial charge is 0.274 e. The maximum Gasteiger partial charge on any atom is 0.274 e. The van der Waals surface area contributed by atoms with E-state index in [0.717, 1.165) is 120 Å². The summed E-state index contributed by atoms with van der Waals surface area (Å²) < 4.78 is 18.6. The molecule has 0 unspecified atom stereocenters. The molecule has 5 aromatic carbocycles. The Morgan fingerprint density at radius 1 is 0.515 bits per heavy atom. The zero-order chi connectivity index (χ0) is 67.9. The number of carbonyl (C=O) groups is 4. The van der Waals surface area contributed by atoms with Crippen LogP contribution in [0.15, 0.2) is 187 Å². The number of H-pyrrole nitrogens is 2. The normalized spacial score (nSPS) is 12.7. The van der Waals surface area contributed by atoms with Crippen LogP contribution in [0.3, 0.4) is 0 Å². The molecule has 0 radical (unpaired) electrons. The predicted molar refractivity (Wildman–Crippen MR) is 379 cm³/mol. The number of ether oxygens (including phenoxy) is 3. The van der Waals surface area contributed by atoms with E-state index in [1.165, 1.54) is 6.20 Å². The first kappa shape index (κ1) is 65.6. The van der Waals surface area contributed by atoms with Gasteiger partial charge in [-0.25, -0.2) is 15.0 Å². The molecule has 3 aliphatic heterocycles. The summed E-state index contributed by atoms with van der Waals surface area (Å²) in [5.41, 5.74) is 17.8. The first-order valence-electron chi connectivity index (χ1n) is 32.0. The maximum atomic E-state index is 13.0. The van der Waals surface area contributed by atoms with Gasteiger partial charge in [-0.15, -0.1) is 5.10 Å². The van der Waals surface area contributed by atoms with Crippen molar-refractivity contribution in [2.24, 2.45) is 5.73 Å². The summed E-state index contributed by atoms with van der Waals surface area (Å²) in [7, 11) is 0. The van der Waals surface area contributed by atoms with Gasteiger partial charge in [0.2, 0.25) is 17.8 Å². The summed E-state index contributed by atoms with van der Waals surface area (Å²) in [4.78, 5) is 79.7. The molecule has 0 saturated carbocycles. The predicted octanol–water partition coefficient (Wildman–Crippen LogP) is 11.4. The van der Waals surface area contributed by atoms with Crippen molar-refractivity contribution in [1.29, 1.82) is 0 Å². The van der Waals surface area contributed by atoms with E-state index in [1.54, 1.807) is 23.5 Å². The van der Waals surface area contributed by atoms with Crippen molar-refractivity contribution in [2.45, 2.75) is 65.6 Å². The van der Waals surface area contributed by atoms with Gasteiger partial charge in [-0.05, 0) is 81.0 Å². The second kappa shape index (κ2) is 31.2. The molecule has 498 valence electrons. The Labute approximate surface area is 571 Å². The number of rotatable bonds is 16. The lowest BCUT2D eigenvalue weighted by atomic mass is 10.1. The number of anilines is 6. The van der Waals surface area contributed by atoms with Crippen molar-refractivity contribution in [2.75, 3.05) is 51.7 Å². The van der Waals surface area contributed by atoms with Crippen LogP contribution in [0.4, 0.5) is 35.3 Å². The van der Waals surface area contributed by atoms with Crippen molar-refractivity contribution in [1.82, 2.24) is 54.7 Å². The Hall–Kier alpha value is -12.1. The third kappa shape index (κ3) is 16.2. The minimum Gasteiger partial charge on any atom is -0.375 e. The molecule has 0 spiro atoms. The van der Waals surface area contributed by atoms with Crippen LogP contribution in [0.1, 0.15) is 97.7 Å². The van der Waals surface area contributed by atoms with Crippen molar-refractivity contribution >= 4 is 97.3 Å². The number of nitrogens with two attached hydrogens (primary N) is 1. The number of nitrogens with zero attached hydrogens (tertiary/aromatic N) is 9. The number of aryl methyl sites for hydroxylation is 1. The van der Waals surface area contributed by atoms with Crippen LogP contribution < -0.4 is 37.6 Å². The maximum absolute atomic E-state index is 13.0. The molecule has 8 aromatic heterocycles. The number of hydrogen-bond acceptors (Lipinski definition) is 19. The lowest BCUT2D eigenvalue weighted by Gasteiger charge is -2.20. The largest absolute Gasteiger partial charge is 0.375 e. The van der Waals surface area contributed by atoms with E-state index in [-0.39, 0.29) is 41.3 Å². The third-order valence-corrected chi connectivity index (χ3v) is 17.1. The summed E-state index contributed by atoms with van der Waals surface area (Å²) in [5.74, 6) is 1.76. The van der Waals surface area contributed by atoms with Gasteiger partial charge in [0.15, 0.2) is 5.69 Å². The van der Waals surface area contributed by atoms with Crippen LogP contribution in [0.25, 0.3) is 27.1 Å². The second-order valence-electron chi connectivity index (χ2n) is 23.1. The van der Waals surface area contributed by atoms with E-state index >= 15 is 0 Å². The number of nitrogens with one attached hydrogen (secondary N) is 8. The van der Waals surface area contributed by atoms with Gasteiger partial charge in [-0.2, -0.15) is 26.3 Å². The van der Waals surface area contributed by atoms with Crippen LogP contribution >= 0.6 is 11.3 Å². The average molecular weight is 1340 g/mol. The number of primary amides is 1. The highest BCUT2D eigenvalue weighted by Crippen LogP contribution is 2.30. The van der Waals surface area contributed by atoms with Gasteiger partial charge < -0.3 is 45.3 Å². The van der Waals surface area contributed by atoms with Crippen LogP contribution in [0, 0.1) is 6.92 Å². The molecular formula is C73H68N18O7S. The third-order valence-electron chi connectivity index (χ3n) is 16.4. The van der Waals surface area contributed by atoms with E-state index in [2.05, 4.69) is 119 Å². The van der Waals surface area contributed by atoms with E-state index in [0.29, 0.717) is 76.1 Å². The molecule has 4 amide bonds. The number of hydrogen-bond donors (Lipinski definition) is 9. The van der Waals surface area contributed by atoms with Gasteiger partial charge in [0.1, 0.15) is 23.1 Å². The van der Waals surface area contributed by atoms with Crippen LogP contribution in [-0.2, 0) is 72.9 Å². The van der Waals surface area contributed by atoms with Crippen molar-refractivity contribution < 1.29 is 33.4 Å². The Kier molecular flexibility index (Phi) is 20.7. The van der Waals surface area contributed by atoms with E-state index in [1.807, 2.05) is 144 Å². The zero-order valence-electron chi connectivity index (χ0n) is 53.8. The average Bonchev–Trinajstić information content (AvgIpc) is 1.78. The molecule has 13 aromatic rings. The molecule has 0 atom stereocenters. The summed E-state index contributed by atoms with van der Waals surface area (Å²) in [6.07, 6.45) is 9.19. The van der Waals surface area contributed by atoms with Crippen LogP contribution in [0.2, 0.25) is 0 Å². The molecular weight excluding hydrogens is 1270 g/mol. The van der Waals surface area contributed by atoms with Crippen molar-refractivity contribution in [3.63, 3.8) is 0 Å². The highest BCUT2D eigenvalue weighted by atomic mass is 32.1. The molecule has 11 heterocycles. The molecule has 16 rings (SSSR count). The van der Waals surface area contributed by atoms with Crippen molar-refractivity contribution in [3.8, 4) is 0 Å². The number of benzene rings is 5. The fourth-order valence-electron chi connectivity index (χ4n) is 11.5. The lowest BCUT2D eigenvalue weighted by molar-refractivity contribution is 0.0991. The number of amides is 4. The van der Waals surface area contributed by atoms with Gasteiger partial charge in [0.25, 0.3) is 23.6 Å². The van der Waals surface area contributed by atoms with Crippen LogP contribution in [0.5, 0.6) is 0 Å². The zero-order valence-corrected chi connectivity index (χ0v) is 54.6. The number of aromatic nitrogens is 11. The Morgan fingerprint density at radius 2 is 0.990 bits per heavy atom. The van der Waals surface area contributed by atoms with Gasteiger partial charge in [-0.3, -0.25) is 40.2 Å². The van der Waals surface area contributed by atoms with E-state index < -0.39 is 5.91 Å². The van der Waals surface area contributed by atoms with Crippen LogP contribution in [-0.4, -0.2) is 98.1 Å². The van der Waals surface area contributed by atoms with Crippen molar-refractivity contribution in [3.05, 3.63) is 266 Å². The molecule has 99 heavy (non-hydrogen) atoms. The monoisotopic (exact) mass is 1340 g/mol. The fourth-order valence-corrected chi connectivity index (χ4v) is 12.3. The first-order valence-corrected chi connectivity index (χ1v) is 32.9. The standard InChI is InChI=1S/C24H23N5O2.C23H21N5O2.C23H20N4O2S.C3H4N4O/c1-16-12-18-8-5-9-21(29(18)14-16)23(30)28-24-26-20-15-31-11-10-19(20)22(27-24)25-13-17-6-3-2-4-7-17;29-22(17-8-4-7-16-12-24-13-19(16)17)28-23-26-20-14-30-10-9-18(20)21(27-23)25-11-15-5-2-1-3-6-15;28-22(17-8-4-7-16-13-30-14-19(16)17)27-23-25-20-12-29-10-9-18(20)21(26-23)24-11-15-5-2-1-3-6-15;4-3(8)2-1-5-7-6-2/h2-9,12,14H,10-11,13,15H2,1H3,(H2,25,26,27,28,30);1-8,12-13,24H,9-11,14H2,(H2,25,26,27,28,29);1-8,13-14H,9-12H2,(H2,24,25,26,27,28);1H,(H2,4,8)(H,5,6,7). The number of pyridine rings is 1. The minimum absolute atomic E-state index is 0.157. The number of aromatic amines is 2. The molecule has 0 bridgehead atoms. The quantitative estimate of drug-likeness (QED) is 0.0434. The second-order valence-corrected chi connectivity index (χ2v) is 23.9. The molecule has 0 fully saturated rings. The molecule has 3 aliphatic rings. The topological polar surface area (TPSA) is 333 Å². The summed E-state index contributed by atoms with van der Waals surface area (Å²) in [5, 5.41) is 35.6. The fraction of sp³-hybridized carbons (Fsp3) is 0.178. The molecule has 25 nitrogen and oxygen atoms in total. The van der Waals surface area contributed by atoms with Gasteiger partial charge in [0.05, 0.1) is 62.9 Å². The highest BCUT2D eigenvalue weighted by molar-refractivity contribution is 7.09. The SMILES string of the molecule is Cc1cc2cccc(C(=O)Nc3nc4c(c(NCc5ccccc5)n3)CCOC4)n2c1.NC(=O)c1c[nH]nn1.O=C(Nc1nc2c(c(NCc3ccccc3)n1)CCOC2)c1cccc2c[nH]cc12.O=C(Nc1nc2c(c(NCc3ccccc3)n1)CCOC2)c1cccc2cscc12. The lowest BCUT2D eigenvalue weighted by Crippen LogP contribution is -2.21. The van der Waals surface area contributed by atoms with Gasteiger partial charge in [0, 0.05) is 102 Å². The Morgan fingerprint density at radius 3 is 1.46 bits per heavy atom. The summed E-state index contributed by atoms with van der Waals surface area (Å²) in [6.45, 7) is 7.08. The first-order chi connectivity index (χ1) is 48.5. The van der Waals surface area contributed by atoms with Gasteiger partial charge in [-0.1, -0.05) is 127 Å². The van der Waals surface area contributed by atoms with E-state index in [4.69, 9.17) is 19.9 Å². The number of thiophene rings is 1. The highest BCUT2D eigenvalue weighted by Gasteiger charge is 2.24. The molecule has 0 saturated heterocycles. The summed E-state index contributed by atoms with van der Waals surface area (Å²) >= 11 is 1.58. The number of carbonyl (C=O) groups excluding carboxylic acids is 4. The Bertz CT molecular complexity index is 4800. The Balaban J connectivity index is 0.000000126. The van der Waals surface area contributed by atoms with Gasteiger partial charge >= 0.3 is 0 Å². The molecule has 10 N–H and O–H groups in total. The number of fused-ring (bicyclic) bond motifs is 6. The molecule has 0 aliphatic carbocycles. The minimum atomic E-state index is -0.571. The summed E-state index contributed by atoms with van der Waals surface area (Å²) in [6, 6.07) is 49.4. The molecule has 26 heteroatoms. The van der Waals surface area contributed by atoms with E-state index in [9.17, 15) is 19.2 Å².